The highest BCUT2D eigenvalue weighted by atomic mass is 14.1. The molecule has 14 heavy (non-hydrogen) atoms. The average Bonchev–Trinajstić information content (AvgIpc) is 2.06. The van der Waals surface area contributed by atoms with E-state index in [1.165, 1.54) is 11.1 Å². The first-order valence-electron chi connectivity index (χ1n) is 4.99. The molecule has 0 spiro atoms. The Morgan fingerprint density at radius 3 is 2.29 bits per heavy atom. The van der Waals surface area contributed by atoms with E-state index in [0.717, 1.165) is 5.56 Å². The topological polar surface area (TPSA) is 0 Å². The minimum atomic E-state index is 0.0795. The van der Waals surface area contributed by atoms with Crippen molar-refractivity contribution in [1.82, 2.24) is 0 Å². The summed E-state index contributed by atoms with van der Waals surface area (Å²) in [7, 11) is 0. The molecule has 1 rings (SSSR count). The quantitative estimate of drug-likeness (QED) is 0.542. The molecule has 0 bridgehead atoms. The van der Waals surface area contributed by atoms with E-state index in [1.54, 1.807) is 0 Å². The van der Waals surface area contributed by atoms with Gasteiger partial charge in [-0.25, -0.2) is 0 Å². The highest BCUT2D eigenvalue weighted by Gasteiger charge is 2.04. The summed E-state index contributed by atoms with van der Waals surface area (Å²) in [5, 5.41) is 0. The zero-order valence-electron chi connectivity index (χ0n) is 9.73. The lowest BCUT2D eigenvalue weighted by Crippen LogP contribution is -1.99. The summed E-state index contributed by atoms with van der Waals surface area (Å²) < 4.78 is 0. The molecule has 0 unspecified atom stereocenters. The van der Waals surface area contributed by atoms with E-state index in [2.05, 4.69) is 64.7 Å². The second kappa shape index (κ2) is 3.88. The number of benzene rings is 1. The van der Waals surface area contributed by atoms with E-state index in [-0.39, 0.29) is 5.41 Å². The maximum Gasteiger partial charge on any atom is 0.0277 e. The SMILES string of the molecule is Cc1cccc(C#CC(C)(C)C)c1C. The Hall–Kier alpha value is -1.22. The van der Waals surface area contributed by atoms with Crippen molar-refractivity contribution in [3.8, 4) is 11.8 Å². The van der Waals surface area contributed by atoms with Crippen molar-refractivity contribution < 1.29 is 0 Å². The van der Waals surface area contributed by atoms with Crippen LogP contribution in [0.2, 0.25) is 0 Å². The molecule has 0 aliphatic heterocycles. The highest BCUT2D eigenvalue weighted by molar-refractivity contribution is 5.44. The van der Waals surface area contributed by atoms with Crippen molar-refractivity contribution in [1.29, 1.82) is 0 Å². The molecule has 0 heteroatoms. The molecule has 0 heterocycles. The monoisotopic (exact) mass is 186 g/mol. The summed E-state index contributed by atoms with van der Waals surface area (Å²) in [6.45, 7) is 10.6. The van der Waals surface area contributed by atoms with Gasteiger partial charge in [0.1, 0.15) is 0 Å². The molecular formula is C14H18. The predicted octanol–water partition coefficient (Wildman–Crippen LogP) is 3.70. The largest absolute Gasteiger partial charge is 0.0919 e. The van der Waals surface area contributed by atoms with Crippen LogP contribution in [-0.4, -0.2) is 0 Å². The summed E-state index contributed by atoms with van der Waals surface area (Å²) in [6.07, 6.45) is 0. The van der Waals surface area contributed by atoms with E-state index in [0.29, 0.717) is 0 Å². The van der Waals surface area contributed by atoms with Crippen molar-refractivity contribution >= 4 is 0 Å². The van der Waals surface area contributed by atoms with E-state index in [4.69, 9.17) is 0 Å². The Kier molecular flexibility index (Phi) is 3.01. The molecule has 0 nitrogen and oxygen atoms in total. The second-order valence-corrected chi connectivity index (χ2v) is 4.75. The fourth-order valence-electron chi connectivity index (χ4n) is 1.14. The standard InChI is InChI=1S/C14H18/c1-11-7-6-8-13(12(11)2)9-10-14(3,4)5/h6-8H,1-5H3. The van der Waals surface area contributed by atoms with Crippen molar-refractivity contribution in [3.05, 3.63) is 34.9 Å². The third-order valence-corrected chi connectivity index (χ3v) is 2.18. The van der Waals surface area contributed by atoms with Crippen molar-refractivity contribution in [2.24, 2.45) is 5.41 Å². The van der Waals surface area contributed by atoms with Crippen LogP contribution >= 0.6 is 0 Å². The van der Waals surface area contributed by atoms with Gasteiger partial charge < -0.3 is 0 Å². The Balaban J connectivity index is 3.08. The normalized spacial score (nSPS) is 10.6. The lowest BCUT2D eigenvalue weighted by atomic mass is 9.96. The average molecular weight is 186 g/mol. The third kappa shape index (κ3) is 2.92. The van der Waals surface area contributed by atoms with Gasteiger partial charge in [-0.2, -0.15) is 0 Å². The summed E-state index contributed by atoms with van der Waals surface area (Å²) in [5.41, 5.74) is 3.84. The first-order chi connectivity index (χ1) is 6.40. The van der Waals surface area contributed by atoms with Gasteiger partial charge in [0, 0.05) is 11.0 Å². The molecule has 0 aromatic heterocycles. The Bertz CT molecular complexity index is 381. The molecule has 0 fully saturated rings. The molecular weight excluding hydrogens is 168 g/mol. The van der Waals surface area contributed by atoms with Gasteiger partial charge in [-0.05, 0) is 51.8 Å². The lowest BCUT2D eigenvalue weighted by Gasteiger charge is -2.08. The van der Waals surface area contributed by atoms with Crippen LogP contribution in [0.3, 0.4) is 0 Å². The van der Waals surface area contributed by atoms with Crippen molar-refractivity contribution in [3.63, 3.8) is 0 Å². The molecule has 0 saturated heterocycles. The van der Waals surface area contributed by atoms with Gasteiger partial charge in [0.05, 0.1) is 0 Å². The third-order valence-electron chi connectivity index (χ3n) is 2.18. The minimum absolute atomic E-state index is 0.0795. The van der Waals surface area contributed by atoms with Gasteiger partial charge in [-0.3, -0.25) is 0 Å². The number of hydrogen-bond donors (Lipinski definition) is 0. The molecule has 0 saturated carbocycles. The molecule has 0 radical (unpaired) electrons. The van der Waals surface area contributed by atoms with Crippen molar-refractivity contribution in [2.45, 2.75) is 34.6 Å². The Morgan fingerprint density at radius 1 is 1.07 bits per heavy atom. The molecule has 1 aromatic carbocycles. The van der Waals surface area contributed by atoms with Crippen LogP contribution in [0, 0.1) is 31.1 Å². The first-order valence-corrected chi connectivity index (χ1v) is 4.99. The van der Waals surface area contributed by atoms with Crippen LogP contribution in [0.25, 0.3) is 0 Å². The Morgan fingerprint density at radius 2 is 1.71 bits per heavy atom. The van der Waals surface area contributed by atoms with E-state index < -0.39 is 0 Å². The van der Waals surface area contributed by atoms with E-state index in [1.807, 2.05) is 0 Å². The summed E-state index contributed by atoms with van der Waals surface area (Å²) in [4.78, 5) is 0. The fraction of sp³-hybridized carbons (Fsp3) is 0.429. The van der Waals surface area contributed by atoms with Crippen LogP contribution in [0.1, 0.15) is 37.5 Å². The summed E-state index contributed by atoms with van der Waals surface area (Å²) >= 11 is 0. The smallest absolute Gasteiger partial charge is 0.0277 e. The number of rotatable bonds is 0. The molecule has 1 aromatic rings. The minimum Gasteiger partial charge on any atom is -0.0919 e. The predicted molar refractivity (Wildman–Crippen MR) is 62.2 cm³/mol. The number of hydrogen-bond acceptors (Lipinski definition) is 0. The molecule has 74 valence electrons. The van der Waals surface area contributed by atoms with Gasteiger partial charge in [-0.15, -0.1) is 0 Å². The summed E-state index contributed by atoms with van der Waals surface area (Å²) in [5.74, 6) is 6.50. The van der Waals surface area contributed by atoms with Gasteiger partial charge in [0.15, 0.2) is 0 Å². The van der Waals surface area contributed by atoms with E-state index >= 15 is 0 Å². The van der Waals surface area contributed by atoms with Gasteiger partial charge >= 0.3 is 0 Å². The zero-order valence-corrected chi connectivity index (χ0v) is 9.73. The van der Waals surface area contributed by atoms with Crippen LogP contribution in [0.15, 0.2) is 18.2 Å². The lowest BCUT2D eigenvalue weighted by molar-refractivity contribution is 0.571. The maximum absolute atomic E-state index is 3.26. The van der Waals surface area contributed by atoms with Crippen LogP contribution < -0.4 is 0 Å². The van der Waals surface area contributed by atoms with Crippen molar-refractivity contribution in [2.75, 3.05) is 0 Å². The molecule has 0 amide bonds. The second-order valence-electron chi connectivity index (χ2n) is 4.75. The molecule has 0 N–H and O–H groups in total. The van der Waals surface area contributed by atoms with Crippen LogP contribution in [0.4, 0.5) is 0 Å². The molecule has 0 aliphatic rings. The molecule has 0 atom stereocenters. The number of aryl methyl sites for hydroxylation is 1. The van der Waals surface area contributed by atoms with Crippen LogP contribution in [-0.2, 0) is 0 Å². The fourth-order valence-corrected chi connectivity index (χ4v) is 1.14. The Labute approximate surface area is 87.4 Å². The van der Waals surface area contributed by atoms with Gasteiger partial charge in [-0.1, -0.05) is 24.0 Å². The zero-order chi connectivity index (χ0) is 10.8. The first kappa shape index (κ1) is 10.9. The van der Waals surface area contributed by atoms with Crippen LogP contribution in [0.5, 0.6) is 0 Å². The maximum atomic E-state index is 3.26. The van der Waals surface area contributed by atoms with Gasteiger partial charge in [0.2, 0.25) is 0 Å². The highest BCUT2D eigenvalue weighted by Crippen LogP contribution is 2.14. The van der Waals surface area contributed by atoms with E-state index in [9.17, 15) is 0 Å². The van der Waals surface area contributed by atoms with Gasteiger partial charge in [0.25, 0.3) is 0 Å². The molecule has 0 aliphatic carbocycles. The summed E-state index contributed by atoms with van der Waals surface area (Å²) in [6, 6.07) is 6.27.